The average Bonchev–Trinajstić information content (AvgIpc) is 2.71. The van der Waals surface area contributed by atoms with E-state index < -0.39 is 0 Å². The number of ether oxygens (including phenoxy) is 2. The lowest BCUT2D eigenvalue weighted by Gasteiger charge is -2.16. The number of anilines is 2. The zero-order valence-electron chi connectivity index (χ0n) is 16.7. The summed E-state index contributed by atoms with van der Waals surface area (Å²) in [4.78, 5) is 25.4. The van der Waals surface area contributed by atoms with Crippen molar-refractivity contribution in [2.24, 2.45) is 0 Å². The molecule has 0 aliphatic heterocycles. The van der Waals surface area contributed by atoms with E-state index in [4.69, 9.17) is 21.7 Å². The molecule has 154 valence electrons. The summed E-state index contributed by atoms with van der Waals surface area (Å²) in [5.41, 5.74) is 1.84. The Morgan fingerprint density at radius 1 is 1.10 bits per heavy atom. The van der Waals surface area contributed by atoms with E-state index in [1.807, 2.05) is 13.0 Å². The highest BCUT2D eigenvalue weighted by Crippen LogP contribution is 2.18. The first-order valence-electron chi connectivity index (χ1n) is 9.18. The standard InChI is InChI=1S/C21H25N3O4S/c1-4-27-12-13-28-19-10-8-16(9-11-19)20(26)23-21(29)22-17-6-5-7-18(14-17)24(3)15(2)25/h5-11,14H,4,12-13H2,1-3H3,(H2,22,23,26,29). The van der Waals surface area contributed by atoms with Crippen LogP contribution in [0.1, 0.15) is 24.2 Å². The van der Waals surface area contributed by atoms with Gasteiger partial charge < -0.3 is 19.7 Å². The first kappa shape index (κ1) is 22.3. The number of thiocarbonyl (C=S) groups is 1. The number of hydrogen-bond donors (Lipinski definition) is 2. The van der Waals surface area contributed by atoms with Crippen LogP contribution in [0.15, 0.2) is 48.5 Å². The fourth-order valence-corrected chi connectivity index (χ4v) is 2.59. The Hall–Kier alpha value is -2.97. The van der Waals surface area contributed by atoms with Gasteiger partial charge in [0.25, 0.3) is 5.91 Å². The zero-order chi connectivity index (χ0) is 21.2. The maximum atomic E-state index is 12.4. The van der Waals surface area contributed by atoms with Crippen LogP contribution in [-0.2, 0) is 9.53 Å². The molecule has 0 saturated heterocycles. The fourth-order valence-electron chi connectivity index (χ4n) is 2.38. The highest BCUT2D eigenvalue weighted by Gasteiger charge is 2.10. The van der Waals surface area contributed by atoms with Gasteiger partial charge in [-0.1, -0.05) is 6.07 Å². The van der Waals surface area contributed by atoms with E-state index in [0.717, 1.165) is 5.69 Å². The van der Waals surface area contributed by atoms with Crippen molar-refractivity contribution in [3.05, 3.63) is 54.1 Å². The van der Waals surface area contributed by atoms with Gasteiger partial charge in [0.15, 0.2) is 5.11 Å². The van der Waals surface area contributed by atoms with Crippen LogP contribution in [0.3, 0.4) is 0 Å². The molecule has 2 aromatic carbocycles. The van der Waals surface area contributed by atoms with Crippen molar-refractivity contribution in [2.75, 3.05) is 37.1 Å². The molecule has 0 spiro atoms. The van der Waals surface area contributed by atoms with Gasteiger partial charge in [-0.2, -0.15) is 0 Å². The third-order valence-corrected chi connectivity index (χ3v) is 4.21. The summed E-state index contributed by atoms with van der Waals surface area (Å²) in [7, 11) is 1.69. The molecule has 2 amide bonds. The summed E-state index contributed by atoms with van der Waals surface area (Å²) in [5, 5.41) is 5.75. The zero-order valence-corrected chi connectivity index (χ0v) is 17.5. The van der Waals surface area contributed by atoms with Gasteiger partial charge in [-0.15, -0.1) is 0 Å². The quantitative estimate of drug-likeness (QED) is 0.509. The van der Waals surface area contributed by atoms with E-state index in [9.17, 15) is 9.59 Å². The van der Waals surface area contributed by atoms with Crippen LogP contribution >= 0.6 is 12.2 Å². The molecule has 2 rings (SSSR count). The molecule has 7 nitrogen and oxygen atoms in total. The average molecular weight is 416 g/mol. The van der Waals surface area contributed by atoms with E-state index in [0.29, 0.717) is 36.8 Å². The molecular formula is C21H25N3O4S. The number of nitrogens with one attached hydrogen (secondary N) is 2. The Kier molecular flexibility index (Phi) is 8.57. The van der Waals surface area contributed by atoms with Crippen LogP contribution in [-0.4, -0.2) is 43.8 Å². The van der Waals surface area contributed by atoms with Crippen LogP contribution in [0.25, 0.3) is 0 Å². The van der Waals surface area contributed by atoms with Gasteiger partial charge in [0.2, 0.25) is 5.91 Å². The van der Waals surface area contributed by atoms with Crippen LogP contribution in [0.5, 0.6) is 5.75 Å². The Balaban J connectivity index is 1.89. The number of nitrogens with zero attached hydrogens (tertiary/aromatic N) is 1. The molecule has 0 fully saturated rings. The van der Waals surface area contributed by atoms with Crippen molar-refractivity contribution in [1.82, 2.24) is 5.32 Å². The normalized spacial score (nSPS) is 10.2. The topological polar surface area (TPSA) is 79.9 Å². The summed E-state index contributed by atoms with van der Waals surface area (Å²) in [6, 6.07) is 13.9. The third-order valence-electron chi connectivity index (χ3n) is 4.01. The highest BCUT2D eigenvalue weighted by atomic mass is 32.1. The first-order valence-corrected chi connectivity index (χ1v) is 9.59. The molecule has 0 unspecified atom stereocenters. The van der Waals surface area contributed by atoms with Crippen LogP contribution in [0, 0.1) is 0 Å². The van der Waals surface area contributed by atoms with Gasteiger partial charge in [0.05, 0.1) is 6.61 Å². The predicted octanol–water partition coefficient (Wildman–Crippen LogP) is 3.21. The molecule has 0 aliphatic carbocycles. The van der Waals surface area contributed by atoms with E-state index in [2.05, 4.69) is 10.6 Å². The van der Waals surface area contributed by atoms with Crippen LogP contribution in [0.4, 0.5) is 11.4 Å². The summed E-state index contributed by atoms with van der Waals surface area (Å²) in [6.07, 6.45) is 0. The number of benzene rings is 2. The second kappa shape index (κ2) is 11.1. The molecule has 0 aliphatic rings. The minimum atomic E-state index is -0.333. The Morgan fingerprint density at radius 2 is 1.83 bits per heavy atom. The van der Waals surface area contributed by atoms with Gasteiger partial charge in [0.1, 0.15) is 12.4 Å². The molecule has 29 heavy (non-hydrogen) atoms. The second-order valence-corrected chi connectivity index (χ2v) is 6.51. The minimum Gasteiger partial charge on any atom is -0.491 e. The van der Waals surface area contributed by atoms with Gasteiger partial charge >= 0.3 is 0 Å². The van der Waals surface area contributed by atoms with Gasteiger partial charge in [-0.3, -0.25) is 14.9 Å². The third kappa shape index (κ3) is 7.17. The molecule has 8 heteroatoms. The molecule has 0 heterocycles. The number of carbonyl (C=O) groups is 2. The summed E-state index contributed by atoms with van der Waals surface area (Å²) in [5.74, 6) is 0.247. The molecule has 2 N–H and O–H groups in total. The van der Waals surface area contributed by atoms with Gasteiger partial charge in [-0.25, -0.2) is 0 Å². The Bertz CT molecular complexity index is 855. The first-order chi connectivity index (χ1) is 13.9. The highest BCUT2D eigenvalue weighted by molar-refractivity contribution is 7.80. The lowest BCUT2D eigenvalue weighted by atomic mass is 10.2. The van der Waals surface area contributed by atoms with Crippen LogP contribution in [0.2, 0.25) is 0 Å². The van der Waals surface area contributed by atoms with E-state index in [-0.39, 0.29) is 16.9 Å². The largest absolute Gasteiger partial charge is 0.491 e. The van der Waals surface area contributed by atoms with Gasteiger partial charge in [-0.05, 0) is 61.6 Å². The van der Waals surface area contributed by atoms with Crippen molar-refractivity contribution >= 4 is 40.5 Å². The number of hydrogen-bond acceptors (Lipinski definition) is 5. The molecule has 0 aromatic heterocycles. The van der Waals surface area contributed by atoms with Crippen molar-refractivity contribution in [2.45, 2.75) is 13.8 Å². The molecule has 2 aromatic rings. The predicted molar refractivity (Wildman–Crippen MR) is 118 cm³/mol. The van der Waals surface area contributed by atoms with Gasteiger partial charge in [0, 0.05) is 37.5 Å². The lowest BCUT2D eigenvalue weighted by molar-refractivity contribution is -0.116. The maximum absolute atomic E-state index is 12.4. The molecule has 0 atom stereocenters. The Labute approximate surface area is 176 Å². The van der Waals surface area contributed by atoms with Crippen molar-refractivity contribution in [3.63, 3.8) is 0 Å². The maximum Gasteiger partial charge on any atom is 0.257 e. The fraction of sp³-hybridized carbons (Fsp3) is 0.286. The molecule has 0 radical (unpaired) electrons. The van der Waals surface area contributed by atoms with E-state index in [1.54, 1.807) is 49.5 Å². The SMILES string of the molecule is CCOCCOc1ccc(C(=O)NC(=S)Nc2cccc(N(C)C(C)=O)c2)cc1. The van der Waals surface area contributed by atoms with E-state index >= 15 is 0 Å². The summed E-state index contributed by atoms with van der Waals surface area (Å²) in [6.45, 7) is 5.02. The minimum absolute atomic E-state index is 0.0802. The number of rotatable bonds is 8. The summed E-state index contributed by atoms with van der Waals surface area (Å²) < 4.78 is 10.7. The second-order valence-electron chi connectivity index (χ2n) is 6.11. The van der Waals surface area contributed by atoms with Crippen molar-refractivity contribution in [3.8, 4) is 5.75 Å². The monoisotopic (exact) mass is 415 g/mol. The van der Waals surface area contributed by atoms with Crippen molar-refractivity contribution in [1.29, 1.82) is 0 Å². The van der Waals surface area contributed by atoms with Crippen molar-refractivity contribution < 1.29 is 19.1 Å². The number of amides is 2. The number of carbonyl (C=O) groups excluding carboxylic acids is 2. The molecule has 0 bridgehead atoms. The van der Waals surface area contributed by atoms with Crippen LogP contribution < -0.4 is 20.3 Å². The smallest absolute Gasteiger partial charge is 0.257 e. The summed E-state index contributed by atoms with van der Waals surface area (Å²) >= 11 is 5.22. The lowest BCUT2D eigenvalue weighted by Crippen LogP contribution is -2.34. The molecular weight excluding hydrogens is 390 g/mol. The van der Waals surface area contributed by atoms with E-state index in [1.165, 1.54) is 11.8 Å². The molecule has 0 saturated carbocycles. The Morgan fingerprint density at radius 3 is 2.48 bits per heavy atom.